The second-order valence-corrected chi connectivity index (χ2v) is 5.21. The molecule has 21 heavy (non-hydrogen) atoms. The lowest BCUT2D eigenvalue weighted by molar-refractivity contribution is -0.122. The average Bonchev–Trinajstić information content (AvgIpc) is 2.49. The van der Waals surface area contributed by atoms with Gasteiger partial charge in [-0.3, -0.25) is 14.5 Å². The van der Waals surface area contributed by atoms with Gasteiger partial charge >= 0.3 is 0 Å². The van der Waals surface area contributed by atoms with Crippen LogP contribution in [0.3, 0.4) is 0 Å². The van der Waals surface area contributed by atoms with E-state index < -0.39 is 0 Å². The molecule has 1 aliphatic rings. The maximum atomic E-state index is 12.4. The highest BCUT2D eigenvalue weighted by atomic mass is 35.5. The zero-order chi connectivity index (χ0) is 15.4. The fourth-order valence-electron chi connectivity index (χ4n) is 2.18. The number of pyridine rings is 1. The highest BCUT2D eigenvalue weighted by Gasteiger charge is 2.24. The first-order valence-electron chi connectivity index (χ1n) is 6.64. The fourth-order valence-corrected chi connectivity index (χ4v) is 2.36. The fraction of sp³-hybridized carbons (Fsp3) is 0.462. The largest absolute Gasteiger partial charge is 0.397 e. The van der Waals surface area contributed by atoms with Gasteiger partial charge < -0.3 is 16.0 Å². The van der Waals surface area contributed by atoms with Crippen molar-refractivity contribution in [2.75, 3.05) is 45.5 Å². The molecule has 2 rings (SSSR count). The van der Waals surface area contributed by atoms with Crippen LogP contribution in [-0.4, -0.2) is 66.4 Å². The molecule has 7 nitrogen and oxygen atoms in total. The van der Waals surface area contributed by atoms with Crippen LogP contribution in [0.1, 0.15) is 10.4 Å². The highest BCUT2D eigenvalue weighted by molar-refractivity contribution is 6.32. The number of anilines is 1. The molecule has 2 amide bonds. The lowest BCUT2D eigenvalue weighted by Crippen LogP contribution is -2.51. The number of hydrogen-bond donors (Lipinski definition) is 2. The molecule has 3 N–H and O–H groups in total. The molecule has 1 saturated heterocycles. The molecular formula is C13H18ClN5O2. The Balaban J connectivity index is 1.97. The number of carbonyl (C=O) groups is 2. The standard InChI is InChI=1S/C13H18ClN5O2/c1-16-11(20)8-18-2-4-19(5-3-18)13(21)10-6-9(15)7-17-12(10)14/h6-7H,2-5,8,15H2,1H3,(H,16,20). The molecule has 2 heterocycles. The minimum Gasteiger partial charge on any atom is -0.397 e. The summed E-state index contributed by atoms with van der Waals surface area (Å²) in [6.45, 7) is 2.72. The van der Waals surface area contributed by atoms with E-state index in [9.17, 15) is 9.59 Å². The number of nitrogen functional groups attached to an aromatic ring is 1. The van der Waals surface area contributed by atoms with Crippen molar-refractivity contribution in [2.24, 2.45) is 0 Å². The monoisotopic (exact) mass is 311 g/mol. The average molecular weight is 312 g/mol. The van der Waals surface area contributed by atoms with E-state index in [2.05, 4.69) is 10.3 Å². The molecule has 0 aliphatic carbocycles. The molecule has 114 valence electrons. The number of rotatable bonds is 3. The van der Waals surface area contributed by atoms with E-state index in [1.54, 1.807) is 11.9 Å². The Morgan fingerprint density at radius 2 is 2.05 bits per heavy atom. The van der Waals surface area contributed by atoms with Gasteiger partial charge in [0.25, 0.3) is 5.91 Å². The molecule has 0 unspecified atom stereocenters. The van der Waals surface area contributed by atoms with E-state index in [-0.39, 0.29) is 17.0 Å². The Labute approximate surface area is 128 Å². The Kier molecular flexibility index (Phi) is 4.98. The summed E-state index contributed by atoms with van der Waals surface area (Å²) in [5.74, 6) is -0.211. The lowest BCUT2D eigenvalue weighted by Gasteiger charge is -2.34. The number of nitrogens with two attached hydrogens (primary N) is 1. The molecule has 0 atom stereocenters. The highest BCUT2D eigenvalue weighted by Crippen LogP contribution is 2.18. The van der Waals surface area contributed by atoms with Crippen molar-refractivity contribution in [1.82, 2.24) is 20.1 Å². The first-order valence-corrected chi connectivity index (χ1v) is 7.02. The Bertz CT molecular complexity index is 543. The third kappa shape index (κ3) is 3.83. The zero-order valence-electron chi connectivity index (χ0n) is 11.8. The summed E-state index contributed by atoms with van der Waals surface area (Å²) < 4.78 is 0. The summed E-state index contributed by atoms with van der Waals surface area (Å²) in [4.78, 5) is 31.3. The van der Waals surface area contributed by atoms with Crippen molar-refractivity contribution < 1.29 is 9.59 Å². The van der Waals surface area contributed by atoms with Crippen LogP contribution in [0.4, 0.5) is 5.69 Å². The van der Waals surface area contributed by atoms with Gasteiger partial charge in [0.05, 0.1) is 24.0 Å². The van der Waals surface area contributed by atoms with Gasteiger partial charge in [-0.1, -0.05) is 11.6 Å². The van der Waals surface area contributed by atoms with Crippen LogP contribution in [0.25, 0.3) is 0 Å². The third-order valence-electron chi connectivity index (χ3n) is 3.40. The zero-order valence-corrected chi connectivity index (χ0v) is 12.6. The number of nitrogens with zero attached hydrogens (tertiary/aromatic N) is 3. The van der Waals surface area contributed by atoms with Crippen molar-refractivity contribution in [3.05, 3.63) is 23.0 Å². The van der Waals surface area contributed by atoms with Gasteiger partial charge in [-0.25, -0.2) is 4.98 Å². The SMILES string of the molecule is CNC(=O)CN1CCN(C(=O)c2cc(N)cnc2Cl)CC1. The van der Waals surface area contributed by atoms with E-state index in [1.807, 2.05) is 4.90 Å². The molecule has 1 aromatic heterocycles. The van der Waals surface area contributed by atoms with E-state index in [0.717, 1.165) is 0 Å². The lowest BCUT2D eigenvalue weighted by atomic mass is 10.2. The smallest absolute Gasteiger partial charge is 0.257 e. The van der Waals surface area contributed by atoms with E-state index >= 15 is 0 Å². The molecule has 0 radical (unpaired) electrons. The summed E-state index contributed by atoms with van der Waals surface area (Å²) in [5, 5.41) is 2.74. The Morgan fingerprint density at radius 3 is 2.67 bits per heavy atom. The molecule has 0 aromatic carbocycles. The first-order chi connectivity index (χ1) is 10.0. The molecule has 0 saturated carbocycles. The second kappa shape index (κ2) is 6.73. The topological polar surface area (TPSA) is 91.6 Å². The predicted octanol–water partition coefficient (Wildman–Crippen LogP) is -0.179. The molecule has 1 fully saturated rings. The molecule has 8 heteroatoms. The van der Waals surface area contributed by atoms with Crippen LogP contribution in [0.2, 0.25) is 5.15 Å². The van der Waals surface area contributed by atoms with Gasteiger partial charge in [0.2, 0.25) is 5.91 Å². The van der Waals surface area contributed by atoms with Gasteiger partial charge in [0.15, 0.2) is 0 Å². The third-order valence-corrected chi connectivity index (χ3v) is 3.70. The number of aromatic nitrogens is 1. The van der Waals surface area contributed by atoms with Crippen LogP contribution in [0.5, 0.6) is 0 Å². The van der Waals surface area contributed by atoms with Crippen molar-refractivity contribution in [3.63, 3.8) is 0 Å². The molecule has 0 spiro atoms. The molecular weight excluding hydrogens is 294 g/mol. The number of piperazine rings is 1. The van der Waals surface area contributed by atoms with Gasteiger partial charge in [0.1, 0.15) is 5.15 Å². The summed E-state index contributed by atoms with van der Waals surface area (Å²) in [6, 6.07) is 1.54. The van der Waals surface area contributed by atoms with Crippen LogP contribution in [0, 0.1) is 0 Å². The number of nitrogens with one attached hydrogen (secondary N) is 1. The molecule has 1 aromatic rings. The van der Waals surface area contributed by atoms with E-state index in [4.69, 9.17) is 17.3 Å². The molecule has 0 bridgehead atoms. The normalized spacial score (nSPS) is 15.8. The minimum absolute atomic E-state index is 0.0298. The molecule has 1 aliphatic heterocycles. The number of hydrogen-bond acceptors (Lipinski definition) is 5. The number of carbonyl (C=O) groups excluding carboxylic acids is 2. The van der Waals surface area contributed by atoms with Crippen LogP contribution >= 0.6 is 11.6 Å². The second-order valence-electron chi connectivity index (χ2n) is 4.85. The summed E-state index contributed by atoms with van der Waals surface area (Å²) in [7, 11) is 1.61. The van der Waals surface area contributed by atoms with E-state index in [1.165, 1.54) is 12.3 Å². The predicted molar refractivity (Wildman–Crippen MR) is 80.1 cm³/mol. The van der Waals surface area contributed by atoms with Crippen molar-refractivity contribution in [1.29, 1.82) is 0 Å². The maximum Gasteiger partial charge on any atom is 0.257 e. The van der Waals surface area contributed by atoms with Crippen molar-refractivity contribution in [2.45, 2.75) is 0 Å². The van der Waals surface area contributed by atoms with E-state index in [0.29, 0.717) is 44.0 Å². The quantitative estimate of drug-likeness (QED) is 0.756. The summed E-state index contributed by atoms with van der Waals surface area (Å²) >= 11 is 5.95. The van der Waals surface area contributed by atoms with Crippen LogP contribution in [-0.2, 0) is 4.79 Å². The minimum atomic E-state index is -0.181. The van der Waals surface area contributed by atoms with Crippen molar-refractivity contribution >= 4 is 29.1 Å². The number of amides is 2. The number of likely N-dealkylation sites (N-methyl/N-ethyl adjacent to an activating group) is 1. The Hall–Kier alpha value is -1.86. The van der Waals surface area contributed by atoms with Crippen LogP contribution in [0.15, 0.2) is 12.3 Å². The number of halogens is 1. The first kappa shape index (κ1) is 15.5. The summed E-state index contributed by atoms with van der Waals surface area (Å²) in [6.07, 6.45) is 1.42. The maximum absolute atomic E-state index is 12.4. The summed E-state index contributed by atoms with van der Waals surface area (Å²) in [5.41, 5.74) is 6.36. The van der Waals surface area contributed by atoms with Gasteiger partial charge in [0, 0.05) is 33.2 Å². The van der Waals surface area contributed by atoms with Crippen LogP contribution < -0.4 is 11.1 Å². The van der Waals surface area contributed by atoms with Crippen molar-refractivity contribution in [3.8, 4) is 0 Å². The van der Waals surface area contributed by atoms with Gasteiger partial charge in [-0.15, -0.1) is 0 Å². The Morgan fingerprint density at radius 1 is 1.38 bits per heavy atom. The van der Waals surface area contributed by atoms with Gasteiger partial charge in [-0.05, 0) is 6.07 Å². The van der Waals surface area contributed by atoms with Gasteiger partial charge in [-0.2, -0.15) is 0 Å².